The highest BCUT2D eigenvalue weighted by molar-refractivity contribution is 5.83. The number of ether oxygens (including phenoxy) is 1. The van der Waals surface area contributed by atoms with Crippen LogP contribution in [0.2, 0.25) is 0 Å². The predicted octanol–water partition coefficient (Wildman–Crippen LogP) is 1.93. The van der Waals surface area contributed by atoms with E-state index in [2.05, 4.69) is 10.9 Å². The zero-order valence-electron chi connectivity index (χ0n) is 11.7. The van der Waals surface area contributed by atoms with Crippen molar-refractivity contribution in [2.24, 2.45) is 5.92 Å². The zero-order valence-corrected chi connectivity index (χ0v) is 11.7. The van der Waals surface area contributed by atoms with Crippen LogP contribution in [-0.4, -0.2) is 18.4 Å². The second kappa shape index (κ2) is 7.61. The summed E-state index contributed by atoms with van der Waals surface area (Å²) in [5.41, 5.74) is 4.74. The lowest BCUT2D eigenvalue weighted by molar-refractivity contribution is -0.132. The molecule has 1 aromatic carbocycles. The van der Waals surface area contributed by atoms with Gasteiger partial charge in [0.25, 0.3) is 5.91 Å². The number of carbonyl (C=O) groups is 2. The Morgan fingerprint density at radius 2 is 1.76 bits per heavy atom. The number of rotatable bonds is 4. The fourth-order valence-electron chi connectivity index (χ4n) is 2.31. The molecule has 0 saturated heterocycles. The van der Waals surface area contributed by atoms with Crippen molar-refractivity contribution in [2.45, 2.75) is 32.1 Å². The molecule has 6 heteroatoms. The van der Waals surface area contributed by atoms with E-state index in [4.69, 9.17) is 4.74 Å². The van der Waals surface area contributed by atoms with Gasteiger partial charge in [0.2, 0.25) is 5.91 Å². The minimum Gasteiger partial charge on any atom is -0.484 e. The Labute approximate surface area is 122 Å². The van der Waals surface area contributed by atoms with E-state index in [0.717, 1.165) is 25.7 Å². The summed E-state index contributed by atoms with van der Waals surface area (Å²) < 4.78 is 17.9. The number of hydrogen-bond acceptors (Lipinski definition) is 3. The molecular weight excluding hydrogens is 275 g/mol. The van der Waals surface area contributed by atoms with Gasteiger partial charge in [0.1, 0.15) is 11.6 Å². The zero-order chi connectivity index (χ0) is 15.1. The Bertz CT molecular complexity index is 484. The molecule has 114 valence electrons. The standard InChI is InChI=1S/C15H19FN2O3/c16-12-6-8-13(9-7-12)21-10-14(19)17-18-15(20)11-4-2-1-3-5-11/h6-9,11H,1-5,10H2,(H,17,19)(H,18,20). The Kier molecular flexibility index (Phi) is 5.54. The maximum atomic E-state index is 12.7. The molecule has 5 nitrogen and oxygen atoms in total. The lowest BCUT2D eigenvalue weighted by Crippen LogP contribution is -2.46. The molecule has 2 rings (SSSR count). The molecule has 1 aliphatic carbocycles. The van der Waals surface area contributed by atoms with Crippen LogP contribution in [0.5, 0.6) is 5.75 Å². The molecule has 0 atom stereocenters. The Morgan fingerprint density at radius 3 is 2.43 bits per heavy atom. The van der Waals surface area contributed by atoms with Crippen LogP contribution in [0, 0.1) is 11.7 Å². The van der Waals surface area contributed by atoms with Crippen molar-refractivity contribution in [1.82, 2.24) is 10.9 Å². The van der Waals surface area contributed by atoms with E-state index in [-0.39, 0.29) is 24.2 Å². The minimum absolute atomic E-state index is 0.0166. The predicted molar refractivity (Wildman–Crippen MR) is 74.8 cm³/mol. The maximum absolute atomic E-state index is 12.7. The highest BCUT2D eigenvalue weighted by Crippen LogP contribution is 2.23. The Hall–Kier alpha value is -2.11. The van der Waals surface area contributed by atoms with Gasteiger partial charge >= 0.3 is 0 Å². The van der Waals surface area contributed by atoms with Crippen LogP contribution in [0.15, 0.2) is 24.3 Å². The molecule has 0 aliphatic heterocycles. The van der Waals surface area contributed by atoms with Gasteiger partial charge in [0.05, 0.1) is 0 Å². The van der Waals surface area contributed by atoms with Crippen molar-refractivity contribution < 1.29 is 18.7 Å². The van der Waals surface area contributed by atoms with Crippen LogP contribution < -0.4 is 15.6 Å². The number of carbonyl (C=O) groups excluding carboxylic acids is 2. The average molecular weight is 294 g/mol. The SMILES string of the molecule is O=C(COc1ccc(F)cc1)NNC(=O)C1CCCCC1. The highest BCUT2D eigenvalue weighted by atomic mass is 19.1. The minimum atomic E-state index is -0.455. The first-order valence-electron chi connectivity index (χ1n) is 7.12. The van der Waals surface area contributed by atoms with Crippen LogP contribution in [0.1, 0.15) is 32.1 Å². The normalized spacial score (nSPS) is 15.3. The molecule has 1 aliphatic rings. The van der Waals surface area contributed by atoms with Crippen molar-refractivity contribution >= 4 is 11.8 Å². The molecule has 1 saturated carbocycles. The molecule has 2 amide bonds. The first-order chi connectivity index (χ1) is 10.1. The van der Waals surface area contributed by atoms with Gasteiger partial charge in [-0.25, -0.2) is 4.39 Å². The summed E-state index contributed by atoms with van der Waals surface area (Å²) in [5, 5.41) is 0. The van der Waals surface area contributed by atoms with Gasteiger partial charge in [-0.1, -0.05) is 19.3 Å². The fourth-order valence-corrected chi connectivity index (χ4v) is 2.31. The Balaban J connectivity index is 1.67. The topological polar surface area (TPSA) is 67.4 Å². The van der Waals surface area contributed by atoms with Gasteiger partial charge < -0.3 is 4.74 Å². The number of amides is 2. The third-order valence-electron chi connectivity index (χ3n) is 3.48. The van der Waals surface area contributed by atoms with E-state index in [0.29, 0.717) is 5.75 Å². The first-order valence-corrected chi connectivity index (χ1v) is 7.12. The maximum Gasteiger partial charge on any atom is 0.276 e. The fraction of sp³-hybridized carbons (Fsp3) is 0.467. The molecule has 0 unspecified atom stereocenters. The molecule has 0 heterocycles. The second-order valence-corrected chi connectivity index (χ2v) is 5.11. The van der Waals surface area contributed by atoms with Gasteiger partial charge in [-0.3, -0.25) is 20.4 Å². The summed E-state index contributed by atoms with van der Waals surface area (Å²) in [4.78, 5) is 23.4. The summed E-state index contributed by atoms with van der Waals surface area (Å²) in [7, 11) is 0. The van der Waals surface area contributed by atoms with Gasteiger partial charge in [-0.15, -0.1) is 0 Å². The van der Waals surface area contributed by atoms with Gasteiger partial charge in [-0.2, -0.15) is 0 Å². The third-order valence-corrected chi connectivity index (χ3v) is 3.48. The lowest BCUT2D eigenvalue weighted by Gasteiger charge is -2.20. The quantitative estimate of drug-likeness (QED) is 0.834. The molecule has 1 fully saturated rings. The summed E-state index contributed by atoms with van der Waals surface area (Å²) in [6.45, 7) is -0.240. The molecule has 0 bridgehead atoms. The summed E-state index contributed by atoms with van der Waals surface area (Å²) in [6.07, 6.45) is 5.02. The number of hydrazine groups is 1. The highest BCUT2D eigenvalue weighted by Gasteiger charge is 2.21. The molecule has 1 aromatic rings. The van der Waals surface area contributed by atoms with Gasteiger partial charge in [0, 0.05) is 5.92 Å². The van der Waals surface area contributed by atoms with E-state index in [1.165, 1.54) is 30.7 Å². The molecule has 0 radical (unpaired) electrons. The number of nitrogens with one attached hydrogen (secondary N) is 2. The van der Waals surface area contributed by atoms with Crippen LogP contribution in [0.25, 0.3) is 0 Å². The van der Waals surface area contributed by atoms with Crippen molar-refractivity contribution in [1.29, 1.82) is 0 Å². The summed E-state index contributed by atoms with van der Waals surface area (Å²) >= 11 is 0. The average Bonchev–Trinajstić information content (AvgIpc) is 2.53. The monoisotopic (exact) mass is 294 g/mol. The van der Waals surface area contributed by atoms with Crippen molar-refractivity contribution in [2.75, 3.05) is 6.61 Å². The third kappa shape index (κ3) is 5.06. The molecular formula is C15H19FN2O3. The molecule has 0 spiro atoms. The van der Waals surface area contributed by atoms with E-state index in [9.17, 15) is 14.0 Å². The Morgan fingerprint density at radius 1 is 1.10 bits per heavy atom. The van der Waals surface area contributed by atoms with Crippen LogP contribution in [-0.2, 0) is 9.59 Å². The number of hydrogen-bond donors (Lipinski definition) is 2. The van der Waals surface area contributed by atoms with Crippen molar-refractivity contribution in [3.63, 3.8) is 0 Å². The second-order valence-electron chi connectivity index (χ2n) is 5.11. The lowest BCUT2D eigenvalue weighted by atomic mass is 9.89. The van der Waals surface area contributed by atoms with E-state index in [1.807, 2.05) is 0 Å². The first kappa shape index (κ1) is 15.3. The van der Waals surface area contributed by atoms with E-state index in [1.54, 1.807) is 0 Å². The number of halogens is 1. The van der Waals surface area contributed by atoms with Crippen molar-refractivity contribution in [3.05, 3.63) is 30.1 Å². The number of benzene rings is 1. The van der Waals surface area contributed by atoms with Gasteiger partial charge in [-0.05, 0) is 37.1 Å². The molecule has 2 N–H and O–H groups in total. The van der Waals surface area contributed by atoms with Crippen molar-refractivity contribution in [3.8, 4) is 5.75 Å². The van der Waals surface area contributed by atoms with Crippen LogP contribution >= 0.6 is 0 Å². The largest absolute Gasteiger partial charge is 0.484 e. The van der Waals surface area contributed by atoms with Gasteiger partial charge in [0.15, 0.2) is 6.61 Å². The van der Waals surface area contributed by atoms with E-state index >= 15 is 0 Å². The van der Waals surface area contributed by atoms with Crippen LogP contribution in [0.3, 0.4) is 0 Å². The molecule has 21 heavy (non-hydrogen) atoms. The van der Waals surface area contributed by atoms with Crippen LogP contribution in [0.4, 0.5) is 4.39 Å². The summed E-state index contributed by atoms with van der Waals surface area (Å²) in [6, 6.07) is 5.36. The summed E-state index contributed by atoms with van der Waals surface area (Å²) in [5.74, 6) is -0.595. The van der Waals surface area contributed by atoms with E-state index < -0.39 is 5.91 Å². The smallest absolute Gasteiger partial charge is 0.276 e. The molecule has 0 aromatic heterocycles.